The summed E-state index contributed by atoms with van der Waals surface area (Å²) in [5.41, 5.74) is 1.21. The quantitative estimate of drug-likeness (QED) is 0.721. The van der Waals surface area contributed by atoms with E-state index in [0.29, 0.717) is 12.3 Å². The lowest BCUT2D eigenvalue weighted by Gasteiger charge is -2.24. The van der Waals surface area contributed by atoms with Crippen LogP contribution in [0.4, 0.5) is 4.79 Å². The van der Waals surface area contributed by atoms with Gasteiger partial charge in [0.1, 0.15) is 0 Å². The number of carbonyl (C=O) groups is 1. The van der Waals surface area contributed by atoms with Crippen LogP contribution in [0.1, 0.15) is 55.0 Å². The van der Waals surface area contributed by atoms with Gasteiger partial charge in [0.2, 0.25) is 0 Å². The monoisotopic (exact) mass is 312 g/mol. The van der Waals surface area contributed by atoms with Gasteiger partial charge < -0.3 is 15.7 Å². The average molecular weight is 312 g/mol. The van der Waals surface area contributed by atoms with E-state index in [1.165, 1.54) is 15.3 Å². The maximum Gasteiger partial charge on any atom is 0.315 e. The van der Waals surface area contributed by atoms with Crippen molar-refractivity contribution in [2.45, 2.75) is 59.5 Å². The molecular weight excluding hydrogens is 284 g/mol. The minimum Gasteiger partial charge on any atom is -0.396 e. The fourth-order valence-corrected chi connectivity index (χ4v) is 3.41. The molecule has 0 saturated carbocycles. The third-order valence-corrected chi connectivity index (χ3v) is 4.52. The lowest BCUT2D eigenvalue weighted by molar-refractivity contribution is 0.227. The summed E-state index contributed by atoms with van der Waals surface area (Å²) in [6.45, 7) is 10.6. The molecule has 0 saturated heterocycles. The Labute approximate surface area is 132 Å². The molecule has 2 amide bonds. The standard InChI is InChI=1S/C16H28N2O2S/c1-10(2)15(14-9-12(4)21-13(14)5)18-16(20)17-11(3)7-6-8-19/h9-11,15,19H,6-8H2,1-5H3,(H2,17,18,20)/t11-,15-/m1/s1. The van der Waals surface area contributed by atoms with Gasteiger partial charge in [-0.1, -0.05) is 13.8 Å². The second kappa shape index (κ2) is 8.39. The molecule has 1 aromatic heterocycles. The Bertz CT molecular complexity index is 457. The molecule has 120 valence electrons. The number of urea groups is 1. The summed E-state index contributed by atoms with van der Waals surface area (Å²) < 4.78 is 0. The molecule has 0 radical (unpaired) electrons. The molecule has 0 spiro atoms. The van der Waals surface area contributed by atoms with Crippen LogP contribution >= 0.6 is 11.3 Å². The molecule has 0 aliphatic rings. The highest BCUT2D eigenvalue weighted by molar-refractivity contribution is 7.12. The van der Waals surface area contributed by atoms with Crippen LogP contribution in [-0.2, 0) is 0 Å². The van der Waals surface area contributed by atoms with Crippen molar-refractivity contribution in [3.63, 3.8) is 0 Å². The molecule has 0 aromatic carbocycles. The van der Waals surface area contributed by atoms with E-state index in [-0.39, 0.29) is 24.7 Å². The van der Waals surface area contributed by atoms with Gasteiger partial charge in [0.05, 0.1) is 6.04 Å². The molecule has 1 aromatic rings. The van der Waals surface area contributed by atoms with Crippen molar-refractivity contribution in [3.8, 4) is 0 Å². The number of aryl methyl sites for hydroxylation is 2. The number of amides is 2. The van der Waals surface area contributed by atoms with Crippen LogP contribution in [0.3, 0.4) is 0 Å². The number of aliphatic hydroxyl groups is 1. The van der Waals surface area contributed by atoms with Crippen molar-refractivity contribution < 1.29 is 9.90 Å². The first-order valence-electron chi connectivity index (χ1n) is 7.60. The minimum absolute atomic E-state index is 0.0278. The molecule has 1 rings (SSSR count). The third kappa shape index (κ3) is 5.67. The van der Waals surface area contributed by atoms with Crippen LogP contribution in [0, 0.1) is 19.8 Å². The summed E-state index contributed by atoms with van der Waals surface area (Å²) in [6, 6.07) is 2.12. The fraction of sp³-hybridized carbons (Fsp3) is 0.688. The number of hydrogen-bond acceptors (Lipinski definition) is 3. The highest BCUT2D eigenvalue weighted by Crippen LogP contribution is 2.30. The number of aliphatic hydroxyl groups excluding tert-OH is 1. The summed E-state index contributed by atoms with van der Waals surface area (Å²) >= 11 is 1.77. The number of carbonyl (C=O) groups excluding carboxylic acids is 1. The highest BCUT2D eigenvalue weighted by atomic mass is 32.1. The summed E-state index contributed by atoms with van der Waals surface area (Å²) in [4.78, 5) is 14.7. The SMILES string of the molecule is Cc1cc([C@H](NC(=O)N[C@H](C)CCCO)C(C)C)c(C)s1. The number of rotatable bonds is 7. The van der Waals surface area contributed by atoms with Gasteiger partial charge in [-0.05, 0) is 51.2 Å². The Hall–Kier alpha value is -1.07. The van der Waals surface area contributed by atoms with Gasteiger partial charge in [0.25, 0.3) is 0 Å². The molecule has 0 aliphatic heterocycles. The maximum atomic E-state index is 12.1. The smallest absolute Gasteiger partial charge is 0.315 e. The number of hydrogen-bond donors (Lipinski definition) is 3. The number of thiophene rings is 1. The predicted octanol–water partition coefficient (Wildman–Crippen LogP) is 3.52. The van der Waals surface area contributed by atoms with Crippen molar-refractivity contribution in [3.05, 3.63) is 21.4 Å². The van der Waals surface area contributed by atoms with Crippen molar-refractivity contribution in [1.29, 1.82) is 0 Å². The van der Waals surface area contributed by atoms with E-state index in [0.717, 1.165) is 6.42 Å². The van der Waals surface area contributed by atoms with E-state index >= 15 is 0 Å². The topological polar surface area (TPSA) is 61.4 Å². The molecule has 3 N–H and O–H groups in total. The number of nitrogens with one attached hydrogen (secondary N) is 2. The zero-order valence-electron chi connectivity index (χ0n) is 13.7. The molecule has 0 bridgehead atoms. The first kappa shape index (κ1) is 18.0. The second-order valence-corrected chi connectivity index (χ2v) is 7.44. The van der Waals surface area contributed by atoms with Crippen molar-refractivity contribution in [1.82, 2.24) is 10.6 Å². The Morgan fingerprint density at radius 1 is 1.29 bits per heavy atom. The maximum absolute atomic E-state index is 12.1. The normalized spacial score (nSPS) is 14.0. The van der Waals surface area contributed by atoms with E-state index in [9.17, 15) is 4.79 Å². The minimum atomic E-state index is -0.137. The van der Waals surface area contributed by atoms with Crippen molar-refractivity contribution >= 4 is 17.4 Å². The van der Waals surface area contributed by atoms with Crippen LogP contribution < -0.4 is 10.6 Å². The van der Waals surface area contributed by atoms with E-state index in [4.69, 9.17) is 5.11 Å². The Morgan fingerprint density at radius 2 is 1.95 bits per heavy atom. The summed E-state index contributed by atoms with van der Waals surface area (Å²) in [5, 5.41) is 14.8. The average Bonchev–Trinajstić information content (AvgIpc) is 2.72. The summed E-state index contributed by atoms with van der Waals surface area (Å²) in [7, 11) is 0. The van der Waals surface area contributed by atoms with Gasteiger partial charge in [-0.3, -0.25) is 0 Å². The molecule has 4 nitrogen and oxygen atoms in total. The molecule has 0 aliphatic carbocycles. The van der Waals surface area contributed by atoms with Gasteiger partial charge in [-0.2, -0.15) is 0 Å². The molecule has 21 heavy (non-hydrogen) atoms. The van der Waals surface area contributed by atoms with Crippen LogP contribution in [0.2, 0.25) is 0 Å². The van der Waals surface area contributed by atoms with Crippen LogP contribution in [0.5, 0.6) is 0 Å². The van der Waals surface area contributed by atoms with E-state index < -0.39 is 0 Å². The van der Waals surface area contributed by atoms with Gasteiger partial charge in [-0.25, -0.2) is 4.79 Å². The molecule has 5 heteroatoms. The van der Waals surface area contributed by atoms with Crippen molar-refractivity contribution in [2.75, 3.05) is 6.61 Å². The molecule has 0 fully saturated rings. The second-order valence-electron chi connectivity index (χ2n) is 5.97. The first-order valence-corrected chi connectivity index (χ1v) is 8.41. The zero-order chi connectivity index (χ0) is 16.0. The fourth-order valence-electron chi connectivity index (χ4n) is 2.44. The van der Waals surface area contributed by atoms with Gasteiger partial charge >= 0.3 is 6.03 Å². The first-order chi connectivity index (χ1) is 9.85. The van der Waals surface area contributed by atoms with E-state index in [2.05, 4.69) is 44.4 Å². The Kier molecular flexibility index (Phi) is 7.18. The van der Waals surface area contributed by atoms with Gasteiger partial charge in [0, 0.05) is 22.4 Å². The Balaban J connectivity index is 2.67. The van der Waals surface area contributed by atoms with Crippen molar-refractivity contribution in [2.24, 2.45) is 5.92 Å². The van der Waals surface area contributed by atoms with Gasteiger partial charge in [-0.15, -0.1) is 11.3 Å². The lowest BCUT2D eigenvalue weighted by atomic mass is 9.96. The van der Waals surface area contributed by atoms with E-state index in [1.807, 2.05) is 6.92 Å². The zero-order valence-corrected chi connectivity index (χ0v) is 14.5. The van der Waals surface area contributed by atoms with E-state index in [1.54, 1.807) is 11.3 Å². The summed E-state index contributed by atoms with van der Waals surface area (Å²) in [6.07, 6.45) is 1.49. The molecule has 2 atom stereocenters. The van der Waals surface area contributed by atoms with Crippen LogP contribution in [0.15, 0.2) is 6.07 Å². The predicted molar refractivity (Wildman–Crippen MR) is 88.8 cm³/mol. The lowest BCUT2D eigenvalue weighted by Crippen LogP contribution is -2.43. The highest BCUT2D eigenvalue weighted by Gasteiger charge is 2.22. The molecular formula is C16H28N2O2S. The summed E-state index contributed by atoms with van der Waals surface area (Å²) in [5.74, 6) is 0.330. The Morgan fingerprint density at radius 3 is 2.43 bits per heavy atom. The largest absolute Gasteiger partial charge is 0.396 e. The van der Waals surface area contributed by atoms with Crippen LogP contribution in [-0.4, -0.2) is 23.8 Å². The van der Waals surface area contributed by atoms with Crippen LogP contribution in [0.25, 0.3) is 0 Å². The van der Waals surface area contributed by atoms with Gasteiger partial charge in [0.15, 0.2) is 0 Å². The molecule has 0 unspecified atom stereocenters. The molecule has 1 heterocycles. The third-order valence-electron chi connectivity index (χ3n) is 3.54.